The number of hydrogen-bond donors (Lipinski definition) is 4. The fourth-order valence-corrected chi connectivity index (χ4v) is 6.67. The van der Waals surface area contributed by atoms with Crippen LogP contribution < -0.4 is 21.7 Å². The van der Waals surface area contributed by atoms with Crippen molar-refractivity contribution in [3.63, 3.8) is 0 Å². The molecule has 1 atom stereocenters. The second-order valence-electron chi connectivity index (χ2n) is 12.9. The van der Waals surface area contributed by atoms with E-state index in [-0.39, 0.29) is 24.2 Å². The lowest BCUT2D eigenvalue weighted by atomic mass is 9.81. The maximum absolute atomic E-state index is 14.2. The minimum atomic E-state index is -0.917. The van der Waals surface area contributed by atoms with Gasteiger partial charge in [0.2, 0.25) is 17.6 Å². The van der Waals surface area contributed by atoms with Gasteiger partial charge in [-0.3, -0.25) is 19.3 Å². The van der Waals surface area contributed by atoms with Crippen LogP contribution in [0, 0.1) is 18.8 Å². The van der Waals surface area contributed by atoms with Gasteiger partial charge in [-0.2, -0.15) is 5.21 Å². The first-order valence-electron chi connectivity index (χ1n) is 17.5. The number of likely N-dealkylation sites (N-methyl/N-ethyl adjacent to an activating group) is 1. The molecule has 50 heavy (non-hydrogen) atoms. The number of carbonyl (C=O) groups excluding carboxylic acids is 3. The lowest BCUT2D eigenvalue weighted by Gasteiger charge is -2.35. The second-order valence-corrected chi connectivity index (χ2v) is 12.9. The van der Waals surface area contributed by atoms with E-state index in [0.717, 1.165) is 60.4 Å². The van der Waals surface area contributed by atoms with Crippen LogP contribution >= 0.6 is 0 Å². The van der Waals surface area contributed by atoms with Crippen LogP contribution in [-0.4, -0.2) is 87.0 Å². The van der Waals surface area contributed by atoms with Crippen LogP contribution in [0.25, 0.3) is 22.5 Å². The Kier molecular flexibility index (Phi) is 12.4. The highest BCUT2D eigenvalue weighted by Crippen LogP contribution is 2.33. The zero-order chi connectivity index (χ0) is 35.6. The molecule has 4 aromatic rings. The molecule has 13 nitrogen and oxygen atoms in total. The first-order chi connectivity index (χ1) is 24.2. The van der Waals surface area contributed by atoms with E-state index in [9.17, 15) is 14.4 Å². The molecule has 5 rings (SSSR count). The monoisotopic (exact) mass is 680 g/mol. The first kappa shape index (κ1) is 36.3. The van der Waals surface area contributed by atoms with Gasteiger partial charge in [0.15, 0.2) is 0 Å². The number of benzene rings is 2. The molecule has 1 aliphatic carbocycles. The van der Waals surface area contributed by atoms with Crippen LogP contribution in [-0.2, 0) is 16.0 Å². The third-order valence-electron chi connectivity index (χ3n) is 9.78. The zero-order valence-corrected chi connectivity index (χ0v) is 29.1. The molecular formula is C37H48N10O3. The molecular weight excluding hydrogens is 632 g/mol. The smallest absolute Gasteiger partial charge is 0.269 e. The number of nitrogens with one attached hydrogen (secondary N) is 2. The van der Waals surface area contributed by atoms with Crippen molar-refractivity contribution in [2.75, 3.05) is 37.6 Å². The number of nitrogens with zero attached hydrogens (tertiary/aromatic N) is 6. The molecule has 1 aliphatic rings. The Morgan fingerprint density at radius 1 is 0.940 bits per heavy atom. The van der Waals surface area contributed by atoms with Crippen molar-refractivity contribution in [3.05, 3.63) is 77.6 Å². The van der Waals surface area contributed by atoms with E-state index in [4.69, 9.17) is 11.5 Å². The number of carbonyl (C=O) groups is 3. The molecule has 2 heterocycles. The predicted octanol–water partition coefficient (Wildman–Crippen LogP) is 3.50. The van der Waals surface area contributed by atoms with Crippen LogP contribution in [0.3, 0.4) is 0 Å². The van der Waals surface area contributed by atoms with Gasteiger partial charge in [-0.15, -0.1) is 10.2 Å². The minimum Gasteiger partial charge on any atom is -0.368 e. The number of aromatic nitrogens is 5. The molecule has 0 unspecified atom stereocenters. The number of pyridine rings is 1. The number of hydrogen-bond acceptors (Lipinski definition) is 9. The summed E-state index contributed by atoms with van der Waals surface area (Å²) in [5, 5.41) is 17.1. The van der Waals surface area contributed by atoms with Crippen molar-refractivity contribution in [1.29, 1.82) is 0 Å². The van der Waals surface area contributed by atoms with Crippen LogP contribution in [0.15, 0.2) is 60.7 Å². The Bertz CT molecular complexity index is 1720. The number of rotatable bonds is 15. The number of aromatic amines is 1. The average molecular weight is 681 g/mol. The summed E-state index contributed by atoms with van der Waals surface area (Å²) < 4.78 is 0. The molecule has 3 amide bonds. The van der Waals surface area contributed by atoms with E-state index in [0.29, 0.717) is 49.1 Å². The highest BCUT2D eigenvalue weighted by Gasteiger charge is 2.36. The largest absolute Gasteiger partial charge is 0.368 e. The number of anilines is 1. The van der Waals surface area contributed by atoms with Crippen molar-refractivity contribution in [1.82, 2.24) is 35.8 Å². The molecule has 264 valence electrons. The van der Waals surface area contributed by atoms with Crippen molar-refractivity contribution in [2.24, 2.45) is 23.3 Å². The summed E-state index contributed by atoms with van der Waals surface area (Å²) in [5.74, 6) is -0.312. The molecule has 0 spiro atoms. The van der Waals surface area contributed by atoms with Gasteiger partial charge < -0.3 is 21.7 Å². The molecule has 0 aliphatic heterocycles. The molecule has 13 heteroatoms. The number of primary amides is 1. The van der Waals surface area contributed by atoms with Gasteiger partial charge in [0.05, 0.1) is 0 Å². The van der Waals surface area contributed by atoms with Crippen molar-refractivity contribution in [3.8, 4) is 22.5 Å². The number of aryl methyl sites for hydroxylation is 1. The number of tetrazole rings is 1. The summed E-state index contributed by atoms with van der Waals surface area (Å²) in [6.45, 7) is 9.90. The van der Waals surface area contributed by atoms with Crippen LogP contribution in [0.2, 0.25) is 0 Å². The van der Waals surface area contributed by atoms with Gasteiger partial charge in [0.25, 0.3) is 5.91 Å². The van der Waals surface area contributed by atoms with E-state index in [2.05, 4.69) is 49.7 Å². The lowest BCUT2D eigenvalue weighted by Crippen LogP contribution is -2.52. The van der Waals surface area contributed by atoms with Gasteiger partial charge in [-0.25, -0.2) is 4.98 Å². The standard InChI is InChI=1S/C37H48N10O3/c1-4-46(5-2)21-20-40-36(49)32-19-18-31(24(3)41-32)27-10-6-25(7-11-27)22-33(34(39)48)47(37(50)29-12-8-26(23-38)9-13-29)30-16-14-28(15-17-30)35-42-44-45-43-35/h6-7,10-11,14-19,26,29,33H,4-5,8-9,12-13,20-23,38H2,1-3H3,(H2,39,48)(H,40,49)(H,42,43,44,45)/t26?,29?,33-/m0/s1. The molecule has 0 saturated heterocycles. The van der Waals surface area contributed by atoms with E-state index in [1.165, 1.54) is 0 Å². The van der Waals surface area contributed by atoms with Crippen LogP contribution in [0.5, 0.6) is 0 Å². The van der Waals surface area contributed by atoms with Crippen molar-refractivity contribution in [2.45, 2.75) is 58.9 Å². The van der Waals surface area contributed by atoms with Crippen LogP contribution in [0.1, 0.15) is 61.3 Å². The third kappa shape index (κ3) is 8.77. The Morgan fingerprint density at radius 3 is 2.20 bits per heavy atom. The average Bonchev–Trinajstić information content (AvgIpc) is 3.69. The predicted molar refractivity (Wildman–Crippen MR) is 193 cm³/mol. The Hall–Kier alpha value is -5.01. The topological polar surface area (TPSA) is 189 Å². The quantitative estimate of drug-likeness (QED) is 0.146. The summed E-state index contributed by atoms with van der Waals surface area (Å²) in [7, 11) is 0. The van der Waals surface area contributed by atoms with Crippen molar-refractivity contribution >= 4 is 23.4 Å². The van der Waals surface area contributed by atoms with Gasteiger partial charge in [0.1, 0.15) is 11.7 Å². The summed E-state index contributed by atoms with van der Waals surface area (Å²) >= 11 is 0. The van der Waals surface area contributed by atoms with Gasteiger partial charge in [0, 0.05) is 47.9 Å². The summed E-state index contributed by atoms with van der Waals surface area (Å²) in [4.78, 5) is 48.5. The summed E-state index contributed by atoms with van der Waals surface area (Å²) in [6.07, 6.45) is 3.40. The highest BCUT2D eigenvalue weighted by atomic mass is 16.2. The normalized spacial score (nSPS) is 16.6. The fraction of sp³-hybridized carbons (Fsp3) is 0.432. The Balaban J connectivity index is 1.34. The van der Waals surface area contributed by atoms with Crippen molar-refractivity contribution < 1.29 is 14.4 Å². The number of nitrogens with two attached hydrogens (primary N) is 2. The Morgan fingerprint density at radius 2 is 1.62 bits per heavy atom. The minimum absolute atomic E-state index is 0.118. The van der Waals surface area contributed by atoms with Crippen LogP contribution in [0.4, 0.5) is 5.69 Å². The van der Waals surface area contributed by atoms with E-state index < -0.39 is 11.9 Å². The maximum Gasteiger partial charge on any atom is 0.269 e. The number of H-pyrrole nitrogens is 1. The molecule has 2 aromatic heterocycles. The van der Waals surface area contributed by atoms with Gasteiger partial charge in [-0.1, -0.05) is 44.2 Å². The van der Waals surface area contributed by atoms with E-state index >= 15 is 0 Å². The molecule has 0 radical (unpaired) electrons. The molecule has 0 bridgehead atoms. The van der Waals surface area contributed by atoms with E-state index in [1.54, 1.807) is 35.2 Å². The lowest BCUT2D eigenvalue weighted by molar-refractivity contribution is -0.127. The molecule has 2 aromatic carbocycles. The summed E-state index contributed by atoms with van der Waals surface area (Å²) in [6, 6.07) is 17.7. The highest BCUT2D eigenvalue weighted by molar-refractivity contribution is 6.02. The zero-order valence-electron chi connectivity index (χ0n) is 29.1. The summed E-state index contributed by atoms with van der Waals surface area (Å²) in [5.41, 5.74) is 17.0. The maximum atomic E-state index is 14.2. The van der Waals surface area contributed by atoms with E-state index in [1.807, 2.05) is 37.3 Å². The molecule has 1 fully saturated rings. The van der Waals surface area contributed by atoms with Gasteiger partial charge >= 0.3 is 0 Å². The number of amides is 3. The molecule has 1 saturated carbocycles. The van der Waals surface area contributed by atoms with Gasteiger partial charge in [-0.05, 0) is 105 Å². The fourth-order valence-electron chi connectivity index (χ4n) is 6.67. The SMILES string of the molecule is CCN(CC)CCNC(=O)c1ccc(-c2ccc(C[C@@H](C(N)=O)N(C(=O)C3CCC(CN)CC3)c3ccc(-c4nn[nH]n4)cc3)cc2)c(C)n1. The molecule has 6 N–H and O–H groups in total. The third-order valence-corrected chi connectivity index (χ3v) is 9.78. The second kappa shape index (κ2) is 17.1. The Labute approximate surface area is 293 Å². The first-order valence-corrected chi connectivity index (χ1v) is 17.5.